The predicted molar refractivity (Wildman–Crippen MR) is 81.3 cm³/mol. The highest BCUT2D eigenvalue weighted by Gasteiger charge is 2.32. The number of rotatable bonds is 6. The van der Waals surface area contributed by atoms with Crippen molar-refractivity contribution in [1.29, 1.82) is 0 Å². The number of ether oxygens (including phenoxy) is 1. The van der Waals surface area contributed by atoms with Gasteiger partial charge in [0, 0.05) is 11.3 Å². The van der Waals surface area contributed by atoms with Crippen LogP contribution in [-0.4, -0.2) is 12.4 Å². The summed E-state index contributed by atoms with van der Waals surface area (Å²) in [5, 5.41) is 2.12. The summed E-state index contributed by atoms with van der Waals surface area (Å²) in [6.45, 7) is 4.26. The molecule has 0 atom stereocenters. The Morgan fingerprint density at radius 3 is 2.80 bits per heavy atom. The quantitative estimate of drug-likeness (QED) is 0.440. The van der Waals surface area contributed by atoms with Crippen LogP contribution in [0.5, 0.6) is 5.75 Å². The molecule has 3 rings (SSSR count). The van der Waals surface area contributed by atoms with Gasteiger partial charge in [-0.25, -0.2) is 0 Å². The van der Waals surface area contributed by atoms with Gasteiger partial charge in [-0.2, -0.15) is 0 Å². The average Bonchev–Trinajstić information content (AvgIpc) is 3.31. The van der Waals surface area contributed by atoms with Crippen LogP contribution in [0, 0.1) is 5.92 Å². The lowest BCUT2D eigenvalue weighted by atomic mass is 10.0. The minimum absolute atomic E-state index is 0.206. The van der Waals surface area contributed by atoms with E-state index in [1.807, 2.05) is 42.5 Å². The van der Waals surface area contributed by atoms with Crippen LogP contribution in [0.1, 0.15) is 29.6 Å². The molecule has 2 aromatic carbocycles. The monoisotopic (exact) mass is 266 g/mol. The molecule has 20 heavy (non-hydrogen) atoms. The topological polar surface area (TPSA) is 26.3 Å². The van der Waals surface area contributed by atoms with Crippen molar-refractivity contribution in [3.63, 3.8) is 0 Å². The van der Waals surface area contributed by atoms with E-state index in [0.29, 0.717) is 6.61 Å². The van der Waals surface area contributed by atoms with Gasteiger partial charge in [-0.15, -0.1) is 6.58 Å². The lowest BCUT2D eigenvalue weighted by molar-refractivity contribution is 0.0964. The molecule has 0 saturated heterocycles. The third-order valence-corrected chi connectivity index (χ3v) is 3.66. The molecule has 0 bridgehead atoms. The second-order valence-electron chi connectivity index (χ2n) is 5.23. The molecule has 2 nitrogen and oxygen atoms in total. The van der Waals surface area contributed by atoms with Gasteiger partial charge in [-0.1, -0.05) is 36.4 Å². The molecule has 0 unspecified atom stereocenters. The maximum atomic E-state index is 12.4. The first-order valence-corrected chi connectivity index (χ1v) is 7.11. The highest BCUT2D eigenvalue weighted by Crippen LogP contribution is 2.38. The Labute approximate surface area is 119 Å². The molecule has 0 aromatic heterocycles. The molecule has 0 radical (unpaired) electrons. The molecule has 2 heteroatoms. The van der Waals surface area contributed by atoms with E-state index in [1.165, 1.54) is 0 Å². The fourth-order valence-electron chi connectivity index (χ4n) is 2.40. The van der Waals surface area contributed by atoms with Crippen LogP contribution in [-0.2, 0) is 0 Å². The Bertz CT molecular complexity index is 654. The third kappa shape index (κ3) is 2.46. The molecule has 1 fully saturated rings. The number of hydrogen-bond donors (Lipinski definition) is 0. The summed E-state index contributed by atoms with van der Waals surface area (Å²) in [4.78, 5) is 12.4. The van der Waals surface area contributed by atoms with Crippen LogP contribution in [0.15, 0.2) is 49.1 Å². The molecular formula is C18H18O2. The van der Waals surface area contributed by atoms with Gasteiger partial charge >= 0.3 is 0 Å². The number of Topliss-reactive ketones (excluding diaryl/α,β-unsaturated/α-hetero) is 1. The first-order chi connectivity index (χ1) is 9.81. The third-order valence-electron chi connectivity index (χ3n) is 3.66. The first-order valence-electron chi connectivity index (χ1n) is 7.11. The molecule has 0 heterocycles. The Hall–Kier alpha value is -2.09. The molecule has 0 N–H and O–H groups in total. The smallest absolute Gasteiger partial charge is 0.169 e. The zero-order valence-electron chi connectivity index (χ0n) is 11.5. The summed E-state index contributed by atoms with van der Waals surface area (Å²) in [6, 6.07) is 12.0. The largest absolute Gasteiger partial charge is 0.492 e. The van der Waals surface area contributed by atoms with Gasteiger partial charge in [0.1, 0.15) is 5.75 Å². The predicted octanol–water partition coefficient (Wildman–Crippen LogP) is 4.39. The second-order valence-corrected chi connectivity index (χ2v) is 5.23. The maximum Gasteiger partial charge on any atom is 0.169 e. The molecule has 102 valence electrons. The van der Waals surface area contributed by atoms with Crippen LogP contribution < -0.4 is 4.74 Å². The molecule has 0 amide bonds. The highest BCUT2D eigenvalue weighted by molar-refractivity contribution is 6.06. The zero-order valence-corrected chi connectivity index (χ0v) is 11.5. The van der Waals surface area contributed by atoms with Crippen LogP contribution >= 0.6 is 0 Å². The highest BCUT2D eigenvalue weighted by atomic mass is 16.5. The number of carbonyl (C=O) groups excluding carboxylic acids is 1. The minimum Gasteiger partial charge on any atom is -0.492 e. The number of carbonyl (C=O) groups is 1. The van der Waals surface area contributed by atoms with Crippen molar-refractivity contribution >= 4 is 16.6 Å². The van der Waals surface area contributed by atoms with E-state index in [2.05, 4.69) is 6.58 Å². The summed E-state index contributed by atoms with van der Waals surface area (Å²) < 4.78 is 5.90. The van der Waals surface area contributed by atoms with Gasteiger partial charge < -0.3 is 4.74 Å². The number of hydrogen-bond acceptors (Lipinski definition) is 2. The second kappa shape index (κ2) is 5.49. The summed E-state index contributed by atoms with van der Waals surface area (Å²) in [5.74, 6) is 1.17. The van der Waals surface area contributed by atoms with E-state index in [1.54, 1.807) is 0 Å². The van der Waals surface area contributed by atoms with Gasteiger partial charge in [0.15, 0.2) is 5.78 Å². The van der Waals surface area contributed by atoms with E-state index < -0.39 is 0 Å². The minimum atomic E-state index is 0.206. The Balaban J connectivity index is 2.05. The van der Waals surface area contributed by atoms with E-state index in [9.17, 15) is 4.79 Å². The van der Waals surface area contributed by atoms with Crippen LogP contribution in [0.2, 0.25) is 0 Å². The fraction of sp³-hybridized carbons (Fsp3) is 0.278. The van der Waals surface area contributed by atoms with Gasteiger partial charge in [0.2, 0.25) is 0 Å². The van der Waals surface area contributed by atoms with E-state index in [0.717, 1.165) is 41.3 Å². The summed E-state index contributed by atoms with van der Waals surface area (Å²) in [5.41, 5.74) is 0.732. The zero-order chi connectivity index (χ0) is 13.9. The Morgan fingerprint density at radius 1 is 1.25 bits per heavy atom. The van der Waals surface area contributed by atoms with Crippen LogP contribution in [0.3, 0.4) is 0 Å². The lowest BCUT2D eigenvalue weighted by Gasteiger charge is -2.13. The van der Waals surface area contributed by atoms with E-state index in [4.69, 9.17) is 4.74 Å². The first kappa shape index (κ1) is 12.9. The number of ketones is 1. The molecule has 1 aliphatic rings. The van der Waals surface area contributed by atoms with Crippen molar-refractivity contribution in [3.05, 3.63) is 54.6 Å². The van der Waals surface area contributed by atoms with Gasteiger partial charge in [-0.05, 0) is 30.7 Å². The van der Waals surface area contributed by atoms with Crippen LogP contribution in [0.25, 0.3) is 10.8 Å². The number of benzene rings is 2. The number of fused-ring (bicyclic) bond motifs is 1. The lowest BCUT2D eigenvalue weighted by Crippen LogP contribution is -2.07. The Morgan fingerprint density at radius 2 is 2.05 bits per heavy atom. The van der Waals surface area contributed by atoms with Gasteiger partial charge in [0.05, 0.1) is 12.2 Å². The summed E-state index contributed by atoms with van der Waals surface area (Å²) in [6.07, 6.45) is 4.63. The molecule has 1 aliphatic carbocycles. The summed E-state index contributed by atoms with van der Waals surface area (Å²) >= 11 is 0. The van der Waals surface area contributed by atoms with Gasteiger partial charge in [0.25, 0.3) is 0 Å². The van der Waals surface area contributed by atoms with Crippen molar-refractivity contribution in [3.8, 4) is 5.75 Å². The van der Waals surface area contributed by atoms with E-state index >= 15 is 0 Å². The van der Waals surface area contributed by atoms with Crippen molar-refractivity contribution in [2.75, 3.05) is 6.61 Å². The van der Waals surface area contributed by atoms with Crippen molar-refractivity contribution in [1.82, 2.24) is 0 Å². The Kier molecular flexibility index (Phi) is 3.55. The summed E-state index contributed by atoms with van der Waals surface area (Å²) in [7, 11) is 0. The standard InChI is InChI=1S/C18H18O2/c1-2-3-12-20-18-15-7-5-4-6-13(15)10-11-16(18)17(19)14-8-9-14/h2,4-7,10-11,14H,1,3,8-9,12H2. The molecular weight excluding hydrogens is 248 g/mol. The molecule has 0 aliphatic heterocycles. The van der Waals surface area contributed by atoms with Crippen molar-refractivity contribution in [2.24, 2.45) is 5.92 Å². The normalized spacial score (nSPS) is 14.2. The SMILES string of the molecule is C=CCCOc1c(C(=O)C2CC2)ccc2ccccc12. The molecule has 2 aromatic rings. The fourth-order valence-corrected chi connectivity index (χ4v) is 2.40. The van der Waals surface area contributed by atoms with Crippen molar-refractivity contribution in [2.45, 2.75) is 19.3 Å². The van der Waals surface area contributed by atoms with Crippen molar-refractivity contribution < 1.29 is 9.53 Å². The van der Waals surface area contributed by atoms with E-state index in [-0.39, 0.29) is 11.7 Å². The van der Waals surface area contributed by atoms with Gasteiger partial charge in [-0.3, -0.25) is 4.79 Å². The molecule has 0 spiro atoms. The molecule has 1 saturated carbocycles. The average molecular weight is 266 g/mol. The maximum absolute atomic E-state index is 12.4. The van der Waals surface area contributed by atoms with Crippen LogP contribution in [0.4, 0.5) is 0 Å².